The second kappa shape index (κ2) is 5.08. The summed E-state index contributed by atoms with van der Waals surface area (Å²) >= 11 is 5.11. The maximum atomic E-state index is 10.1. The van der Waals surface area contributed by atoms with E-state index in [2.05, 4.69) is 20.9 Å². The van der Waals surface area contributed by atoms with E-state index < -0.39 is 6.10 Å². The van der Waals surface area contributed by atoms with E-state index in [0.717, 1.165) is 20.6 Å². The fourth-order valence-electron chi connectivity index (χ4n) is 1.59. The van der Waals surface area contributed by atoms with Crippen molar-refractivity contribution in [3.8, 4) is 0 Å². The largest absolute Gasteiger partial charge is 0.386 e. The molecule has 0 amide bonds. The maximum absolute atomic E-state index is 10.1. The fraction of sp³-hybridized carbons (Fsp3) is 0.250. The number of aliphatic hydroxyl groups is 1. The molecule has 0 saturated carbocycles. The molecule has 0 spiro atoms. The Morgan fingerprint density at radius 3 is 2.94 bits per heavy atom. The third-order valence-electron chi connectivity index (χ3n) is 2.44. The number of nitrogens with zero attached hydrogens (tertiary/aromatic N) is 1. The first-order chi connectivity index (χ1) is 7.68. The fourth-order valence-corrected chi connectivity index (χ4v) is 3.14. The van der Waals surface area contributed by atoms with Crippen LogP contribution in [0.3, 0.4) is 0 Å². The van der Waals surface area contributed by atoms with Gasteiger partial charge in [-0.1, -0.05) is 6.07 Å². The summed E-state index contributed by atoms with van der Waals surface area (Å²) in [6.45, 7) is 1.97. The van der Waals surface area contributed by atoms with Crippen molar-refractivity contribution < 1.29 is 5.11 Å². The summed E-state index contributed by atoms with van der Waals surface area (Å²) in [7, 11) is 0. The number of rotatable bonds is 3. The van der Waals surface area contributed by atoms with Gasteiger partial charge in [-0.05, 0) is 45.9 Å². The summed E-state index contributed by atoms with van der Waals surface area (Å²) in [5, 5.41) is 12.1. The van der Waals surface area contributed by atoms with Gasteiger partial charge in [0.05, 0.1) is 5.69 Å². The molecular formula is C12H12BrNOS. The molecule has 0 aromatic carbocycles. The topological polar surface area (TPSA) is 33.1 Å². The van der Waals surface area contributed by atoms with Crippen LogP contribution < -0.4 is 0 Å². The van der Waals surface area contributed by atoms with Crippen LogP contribution >= 0.6 is 27.3 Å². The third-order valence-corrected chi connectivity index (χ3v) is 4.38. The molecule has 2 nitrogen and oxygen atoms in total. The quantitative estimate of drug-likeness (QED) is 0.941. The molecule has 2 aromatic rings. The second-order valence-electron chi connectivity index (χ2n) is 3.62. The highest BCUT2D eigenvalue weighted by molar-refractivity contribution is 9.10. The van der Waals surface area contributed by atoms with Crippen LogP contribution in [0.5, 0.6) is 0 Å². The lowest BCUT2D eigenvalue weighted by Crippen LogP contribution is -2.05. The van der Waals surface area contributed by atoms with Crippen molar-refractivity contribution in [1.29, 1.82) is 0 Å². The van der Waals surface area contributed by atoms with Gasteiger partial charge < -0.3 is 5.11 Å². The number of thiophene rings is 1. The number of aromatic nitrogens is 1. The van der Waals surface area contributed by atoms with Gasteiger partial charge in [0.1, 0.15) is 6.10 Å². The molecule has 1 N–H and O–H groups in total. The van der Waals surface area contributed by atoms with Crippen molar-refractivity contribution >= 4 is 27.3 Å². The molecule has 0 saturated heterocycles. The third kappa shape index (κ3) is 2.51. The Hall–Kier alpha value is -0.710. The predicted molar refractivity (Wildman–Crippen MR) is 69.7 cm³/mol. The van der Waals surface area contributed by atoms with E-state index in [4.69, 9.17) is 0 Å². The minimum Gasteiger partial charge on any atom is -0.386 e. The Labute approximate surface area is 107 Å². The zero-order valence-corrected chi connectivity index (χ0v) is 11.3. The van der Waals surface area contributed by atoms with Gasteiger partial charge in [-0.3, -0.25) is 4.98 Å². The average Bonchev–Trinajstić information content (AvgIpc) is 2.65. The Kier molecular flexibility index (Phi) is 3.74. The van der Waals surface area contributed by atoms with Crippen molar-refractivity contribution in [3.05, 3.63) is 50.4 Å². The van der Waals surface area contributed by atoms with Gasteiger partial charge in [-0.15, -0.1) is 11.3 Å². The van der Waals surface area contributed by atoms with Crippen LogP contribution in [0.25, 0.3) is 0 Å². The Bertz CT molecular complexity index is 483. The highest BCUT2D eigenvalue weighted by Crippen LogP contribution is 2.28. The van der Waals surface area contributed by atoms with E-state index in [1.54, 1.807) is 17.5 Å². The zero-order chi connectivity index (χ0) is 11.5. The van der Waals surface area contributed by atoms with Crippen LogP contribution in [-0.2, 0) is 6.42 Å². The summed E-state index contributed by atoms with van der Waals surface area (Å²) < 4.78 is 1.06. The van der Waals surface area contributed by atoms with Crippen molar-refractivity contribution in [3.63, 3.8) is 0 Å². The van der Waals surface area contributed by atoms with E-state index in [0.29, 0.717) is 6.42 Å². The van der Waals surface area contributed by atoms with Crippen LogP contribution in [0, 0.1) is 6.92 Å². The molecule has 0 bridgehead atoms. The number of aliphatic hydroxyl groups excluding tert-OH is 1. The Morgan fingerprint density at radius 1 is 1.50 bits per heavy atom. The lowest BCUT2D eigenvalue weighted by Gasteiger charge is -2.11. The van der Waals surface area contributed by atoms with Crippen LogP contribution in [0.15, 0.2) is 34.2 Å². The molecule has 84 valence electrons. The van der Waals surface area contributed by atoms with E-state index in [1.165, 1.54) is 0 Å². The molecule has 0 fully saturated rings. The van der Waals surface area contributed by atoms with Gasteiger partial charge in [0.25, 0.3) is 0 Å². The molecular weight excluding hydrogens is 286 g/mol. The van der Waals surface area contributed by atoms with Crippen LogP contribution in [0.2, 0.25) is 0 Å². The summed E-state index contributed by atoms with van der Waals surface area (Å²) in [5.74, 6) is 0. The molecule has 1 atom stereocenters. The van der Waals surface area contributed by atoms with Crippen molar-refractivity contribution in [2.24, 2.45) is 0 Å². The van der Waals surface area contributed by atoms with Gasteiger partial charge in [-0.25, -0.2) is 0 Å². The van der Waals surface area contributed by atoms with E-state index in [1.807, 2.05) is 30.5 Å². The van der Waals surface area contributed by atoms with E-state index in [-0.39, 0.29) is 0 Å². The number of hydrogen-bond acceptors (Lipinski definition) is 3. The first-order valence-corrected chi connectivity index (χ1v) is 6.67. The maximum Gasteiger partial charge on any atom is 0.101 e. The van der Waals surface area contributed by atoms with Crippen molar-refractivity contribution in [2.75, 3.05) is 0 Å². The summed E-state index contributed by atoms with van der Waals surface area (Å²) in [6.07, 6.45) is 1.79. The summed E-state index contributed by atoms with van der Waals surface area (Å²) in [5.41, 5.74) is 1.80. The normalized spacial score (nSPS) is 12.7. The average molecular weight is 298 g/mol. The number of pyridine rings is 1. The monoisotopic (exact) mass is 297 g/mol. The minimum atomic E-state index is -0.531. The molecule has 0 radical (unpaired) electrons. The molecule has 2 rings (SSSR count). The Morgan fingerprint density at radius 2 is 2.31 bits per heavy atom. The smallest absolute Gasteiger partial charge is 0.101 e. The predicted octanol–water partition coefficient (Wildman–Crippen LogP) is 3.49. The SMILES string of the molecule is Cc1cccnc1C(O)Cc1sccc1Br. The van der Waals surface area contributed by atoms with Gasteiger partial charge in [-0.2, -0.15) is 0 Å². The molecule has 2 heterocycles. The standard InChI is InChI=1S/C12H12BrNOS/c1-8-3-2-5-14-12(8)10(15)7-11-9(13)4-6-16-11/h2-6,10,15H,7H2,1H3. The van der Waals surface area contributed by atoms with Crippen LogP contribution in [0.1, 0.15) is 22.2 Å². The second-order valence-corrected chi connectivity index (χ2v) is 5.47. The summed E-state index contributed by atoms with van der Waals surface area (Å²) in [4.78, 5) is 5.38. The van der Waals surface area contributed by atoms with Crippen molar-refractivity contribution in [2.45, 2.75) is 19.4 Å². The van der Waals surface area contributed by atoms with Crippen molar-refractivity contribution in [1.82, 2.24) is 4.98 Å². The lowest BCUT2D eigenvalue weighted by molar-refractivity contribution is 0.173. The highest BCUT2D eigenvalue weighted by Gasteiger charge is 2.14. The number of halogens is 1. The molecule has 1 unspecified atom stereocenters. The lowest BCUT2D eigenvalue weighted by atomic mass is 10.1. The first kappa shape index (κ1) is 11.8. The minimum absolute atomic E-state index is 0.531. The van der Waals surface area contributed by atoms with Gasteiger partial charge in [0.15, 0.2) is 0 Å². The zero-order valence-electron chi connectivity index (χ0n) is 8.85. The van der Waals surface area contributed by atoms with Gasteiger partial charge in [0.2, 0.25) is 0 Å². The van der Waals surface area contributed by atoms with E-state index >= 15 is 0 Å². The van der Waals surface area contributed by atoms with Crippen LogP contribution in [0.4, 0.5) is 0 Å². The number of aryl methyl sites for hydroxylation is 1. The number of hydrogen-bond donors (Lipinski definition) is 1. The molecule has 0 aliphatic carbocycles. The Balaban J connectivity index is 2.18. The molecule has 4 heteroatoms. The van der Waals surface area contributed by atoms with Gasteiger partial charge in [0, 0.05) is 22.0 Å². The first-order valence-electron chi connectivity index (χ1n) is 5.00. The molecule has 16 heavy (non-hydrogen) atoms. The molecule has 2 aromatic heterocycles. The van der Waals surface area contributed by atoms with E-state index in [9.17, 15) is 5.11 Å². The summed E-state index contributed by atoms with van der Waals surface area (Å²) in [6, 6.07) is 5.85. The molecule has 0 aliphatic rings. The van der Waals surface area contributed by atoms with Gasteiger partial charge >= 0.3 is 0 Å². The molecule has 0 aliphatic heterocycles. The highest BCUT2D eigenvalue weighted by atomic mass is 79.9. The van der Waals surface area contributed by atoms with Crippen LogP contribution in [-0.4, -0.2) is 10.1 Å².